The lowest BCUT2D eigenvalue weighted by atomic mass is 10.2. The van der Waals surface area contributed by atoms with Gasteiger partial charge in [-0.3, -0.25) is 4.79 Å². The number of carbonyl (C=O) groups excluding carboxylic acids is 1. The molecule has 4 heteroatoms. The van der Waals surface area contributed by atoms with E-state index in [1.807, 2.05) is 31.2 Å². The second-order valence-electron chi connectivity index (χ2n) is 5.06. The van der Waals surface area contributed by atoms with E-state index in [-0.39, 0.29) is 18.3 Å². The third-order valence-electron chi connectivity index (χ3n) is 3.35. The summed E-state index contributed by atoms with van der Waals surface area (Å²) in [5, 5.41) is 3.65. The number of amides is 1. The van der Waals surface area contributed by atoms with Gasteiger partial charge in [-0.05, 0) is 48.9 Å². The van der Waals surface area contributed by atoms with Crippen LogP contribution in [0.4, 0.5) is 10.1 Å². The van der Waals surface area contributed by atoms with Crippen LogP contribution < -0.4 is 5.32 Å². The Morgan fingerprint density at radius 3 is 2.86 bits per heavy atom. The third-order valence-corrected chi connectivity index (χ3v) is 3.35. The van der Waals surface area contributed by atoms with Crippen molar-refractivity contribution in [1.29, 1.82) is 0 Å². The molecule has 3 nitrogen and oxygen atoms in total. The number of halogens is 1. The van der Waals surface area contributed by atoms with Gasteiger partial charge in [-0.2, -0.15) is 0 Å². The number of fused-ring (bicyclic) bond motifs is 1. The number of aryl methyl sites for hydroxylation is 1. The van der Waals surface area contributed by atoms with Crippen LogP contribution in [-0.2, 0) is 11.3 Å². The number of hydrogen-bond acceptors (Lipinski definition) is 1. The monoisotopic (exact) mass is 282 g/mol. The maximum absolute atomic E-state index is 13.1. The number of benzene rings is 2. The Hall–Kier alpha value is -2.62. The van der Waals surface area contributed by atoms with Crippen LogP contribution >= 0.6 is 0 Å². The van der Waals surface area contributed by atoms with Crippen molar-refractivity contribution >= 4 is 22.5 Å². The largest absolute Gasteiger partial charge is 0.338 e. The van der Waals surface area contributed by atoms with E-state index >= 15 is 0 Å². The highest BCUT2D eigenvalue weighted by molar-refractivity contribution is 5.92. The lowest BCUT2D eigenvalue weighted by Gasteiger charge is -2.08. The van der Waals surface area contributed by atoms with Gasteiger partial charge in [0.05, 0.1) is 0 Å². The fourth-order valence-electron chi connectivity index (χ4n) is 2.39. The summed E-state index contributed by atoms with van der Waals surface area (Å²) < 4.78 is 15.0. The first-order valence-electron chi connectivity index (χ1n) is 6.73. The van der Waals surface area contributed by atoms with E-state index in [0.29, 0.717) is 0 Å². The van der Waals surface area contributed by atoms with Gasteiger partial charge in [0.25, 0.3) is 0 Å². The third kappa shape index (κ3) is 2.94. The van der Waals surface area contributed by atoms with E-state index in [1.54, 1.807) is 22.9 Å². The molecule has 0 atom stereocenters. The summed E-state index contributed by atoms with van der Waals surface area (Å²) in [5.74, 6) is -0.383. The Morgan fingerprint density at radius 2 is 2.05 bits per heavy atom. The molecule has 0 aliphatic rings. The zero-order chi connectivity index (χ0) is 14.8. The molecule has 0 unspecified atom stereocenters. The van der Waals surface area contributed by atoms with Gasteiger partial charge in [0, 0.05) is 22.8 Å². The lowest BCUT2D eigenvalue weighted by molar-refractivity contribution is -0.116. The fraction of sp³-hybridized carbons (Fsp3) is 0.118. The number of carbonyl (C=O) groups is 1. The van der Waals surface area contributed by atoms with Crippen LogP contribution in [0.15, 0.2) is 54.7 Å². The smallest absolute Gasteiger partial charge is 0.244 e. The number of anilines is 1. The number of aromatic nitrogens is 1. The van der Waals surface area contributed by atoms with E-state index < -0.39 is 0 Å². The van der Waals surface area contributed by atoms with Crippen molar-refractivity contribution in [2.24, 2.45) is 0 Å². The number of hydrogen-bond donors (Lipinski definition) is 1. The SMILES string of the molecule is Cc1cccc(NC(=O)Cn2ccc3cc(F)ccc32)c1. The first-order valence-corrected chi connectivity index (χ1v) is 6.73. The van der Waals surface area contributed by atoms with Gasteiger partial charge in [0.1, 0.15) is 12.4 Å². The van der Waals surface area contributed by atoms with Crippen molar-refractivity contribution in [1.82, 2.24) is 4.57 Å². The summed E-state index contributed by atoms with van der Waals surface area (Å²) in [7, 11) is 0. The molecule has 1 amide bonds. The van der Waals surface area contributed by atoms with Crippen LogP contribution in [-0.4, -0.2) is 10.5 Å². The molecule has 3 rings (SSSR count). The quantitative estimate of drug-likeness (QED) is 0.780. The molecule has 2 aromatic carbocycles. The van der Waals surface area contributed by atoms with Crippen LogP contribution in [0.2, 0.25) is 0 Å². The molecule has 0 radical (unpaired) electrons. The van der Waals surface area contributed by atoms with Crippen molar-refractivity contribution in [3.8, 4) is 0 Å². The topological polar surface area (TPSA) is 34.0 Å². The zero-order valence-corrected chi connectivity index (χ0v) is 11.6. The van der Waals surface area contributed by atoms with Crippen molar-refractivity contribution in [3.63, 3.8) is 0 Å². The summed E-state index contributed by atoms with van der Waals surface area (Å²) in [6, 6.07) is 14.0. The highest BCUT2D eigenvalue weighted by atomic mass is 19.1. The lowest BCUT2D eigenvalue weighted by Crippen LogP contribution is -2.18. The predicted octanol–water partition coefficient (Wildman–Crippen LogP) is 3.73. The van der Waals surface area contributed by atoms with E-state index in [0.717, 1.165) is 22.2 Å². The molecule has 0 aliphatic carbocycles. The minimum Gasteiger partial charge on any atom is -0.338 e. The Balaban J connectivity index is 1.77. The molecule has 106 valence electrons. The number of rotatable bonds is 3. The van der Waals surface area contributed by atoms with Crippen LogP contribution in [0.3, 0.4) is 0 Å². The van der Waals surface area contributed by atoms with Crippen molar-refractivity contribution in [2.45, 2.75) is 13.5 Å². The van der Waals surface area contributed by atoms with Crippen molar-refractivity contribution in [3.05, 3.63) is 66.1 Å². The van der Waals surface area contributed by atoms with Crippen molar-refractivity contribution < 1.29 is 9.18 Å². The normalized spacial score (nSPS) is 10.8. The second kappa shape index (κ2) is 5.40. The average molecular weight is 282 g/mol. The Kier molecular flexibility index (Phi) is 3.44. The summed E-state index contributed by atoms with van der Waals surface area (Å²) in [6.45, 7) is 2.17. The van der Waals surface area contributed by atoms with Gasteiger partial charge in [0.15, 0.2) is 0 Å². The van der Waals surface area contributed by atoms with Gasteiger partial charge in [-0.1, -0.05) is 12.1 Å². The maximum atomic E-state index is 13.1. The Morgan fingerprint density at radius 1 is 1.19 bits per heavy atom. The first-order chi connectivity index (χ1) is 10.1. The molecule has 0 saturated heterocycles. The molecule has 0 bridgehead atoms. The first kappa shape index (κ1) is 13.4. The predicted molar refractivity (Wildman–Crippen MR) is 81.7 cm³/mol. The van der Waals surface area contributed by atoms with Gasteiger partial charge in [-0.15, -0.1) is 0 Å². The van der Waals surface area contributed by atoms with E-state index in [9.17, 15) is 9.18 Å². The molecule has 1 N–H and O–H groups in total. The molecular formula is C17H15FN2O. The highest BCUT2D eigenvalue weighted by Crippen LogP contribution is 2.17. The summed E-state index contributed by atoms with van der Waals surface area (Å²) in [4.78, 5) is 12.1. The molecule has 0 aliphatic heterocycles. The average Bonchev–Trinajstić information content (AvgIpc) is 2.81. The van der Waals surface area contributed by atoms with E-state index in [1.165, 1.54) is 12.1 Å². The van der Waals surface area contributed by atoms with Crippen LogP contribution in [0.1, 0.15) is 5.56 Å². The maximum Gasteiger partial charge on any atom is 0.244 e. The molecule has 21 heavy (non-hydrogen) atoms. The summed E-state index contributed by atoms with van der Waals surface area (Å²) >= 11 is 0. The van der Waals surface area contributed by atoms with Crippen LogP contribution in [0.5, 0.6) is 0 Å². The second-order valence-corrected chi connectivity index (χ2v) is 5.06. The Labute approximate surface area is 122 Å². The Bertz CT molecular complexity index is 807. The molecular weight excluding hydrogens is 267 g/mol. The van der Waals surface area contributed by atoms with Gasteiger partial charge >= 0.3 is 0 Å². The van der Waals surface area contributed by atoms with Gasteiger partial charge < -0.3 is 9.88 Å². The fourth-order valence-corrected chi connectivity index (χ4v) is 2.39. The molecule has 0 fully saturated rings. The zero-order valence-electron chi connectivity index (χ0n) is 11.6. The standard InChI is InChI=1S/C17H15FN2O/c1-12-3-2-4-15(9-12)19-17(21)11-20-8-7-13-10-14(18)5-6-16(13)20/h2-10H,11H2,1H3,(H,19,21). The number of nitrogens with one attached hydrogen (secondary N) is 1. The molecule has 3 aromatic rings. The van der Waals surface area contributed by atoms with Gasteiger partial charge in [0.2, 0.25) is 5.91 Å². The summed E-state index contributed by atoms with van der Waals surface area (Å²) in [5.41, 5.74) is 2.72. The molecule has 1 heterocycles. The van der Waals surface area contributed by atoms with Crippen molar-refractivity contribution in [2.75, 3.05) is 5.32 Å². The number of nitrogens with zero attached hydrogens (tertiary/aromatic N) is 1. The molecule has 1 aromatic heterocycles. The van der Waals surface area contributed by atoms with E-state index in [2.05, 4.69) is 5.32 Å². The molecule has 0 spiro atoms. The highest BCUT2D eigenvalue weighted by Gasteiger charge is 2.07. The summed E-state index contributed by atoms with van der Waals surface area (Å²) in [6.07, 6.45) is 1.79. The minimum atomic E-state index is -0.274. The van der Waals surface area contributed by atoms with Gasteiger partial charge in [-0.25, -0.2) is 4.39 Å². The minimum absolute atomic E-state index is 0.109. The van der Waals surface area contributed by atoms with Crippen LogP contribution in [0.25, 0.3) is 10.9 Å². The van der Waals surface area contributed by atoms with E-state index in [4.69, 9.17) is 0 Å². The van der Waals surface area contributed by atoms with Crippen LogP contribution in [0, 0.1) is 12.7 Å². The molecule has 0 saturated carbocycles.